The van der Waals surface area contributed by atoms with Gasteiger partial charge in [0, 0.05) is 4.47 Å². The van der Waals surface area contributed by atoms with Crippen LogP contribution < -0.4 is 16.6 Å². The van der Waals surface area contributed by atoms with Crippen LogP contribution in [0.2, 0.25) is 0 Å². The fourth-order valence-electron chi connectivity index (χ4n) is 1.71. The Morgan fingerprint density at radius 1 is 1.19 bits per heavy atom. The number of anilines is 3. The van der Waals surface area contributed by atoms with E-state index in [9.17, 15) is 13.2 Å². The van der Waals surface area contributed by atoms with Gasteiger partial charge in [-0.2, -0.15) is 13.2 Å². The standard InChI is InChI=1S/C13H12BrF3N4/c1-7-3-2-4-9(12(7)14)19-10-5-8(13(15,16)17)6-11(20-10)21-18/h2-6H,18H2,1H3,(H2,19,20,21). The molecule has 1 aromatic heterocycles. The van der Waals surface area contributed by atoms with E-state index in [2.05, 4.69) is 31.7 Å². The lowest BCUT2D eigenvalue weighted by atomic mass is 10.2. The number of nitrogen functional groups attached to an aromatic ring is 1. The number of hydrazine groups is 1. The summed E-state index contributed by atoms with van der Waals surface area (Å²) in [7, 11) is 0. The molecule has 4 N–H and O–H groups in total. The molecule has 0 aliphatic carbocycles. The average molecular weight is 361 g/mol. The van der Waals surface area contributed by atoms with Crippen LogP contribution in [-0.4, -0.2) is 4.98 Å². The Labute approximate surface area is 127 Å². The van der Waals surface area contributed by atoms with E-state index < -0.39 is 11.7 Å². The second-order valence-corrected chi connectivity index (χ2v) is 5.12. The summed E-state index contributed by atoms with van der Waals surface area (Å²) in [5.74, 6) is 5.13. The summed E-state index contributed by atoms with van der Waals surface area (Å²) in [5.41, 5.74) is 2.86. The Balaban J connectivity index is 2.42. The van der Waals surface area contributed by atoms with Gasteiger partial charge in [-0.05, 0) is 46.6 Å². The number of nitrogens with zero attached hydrogens (tertiary/aromatic N) is 1. The summed E-state index contributed by atoms with van der Waals surface area (Å²) < 4.78 is 39.3. The number of nitrogens with one attached hydrogen (secondary N) is 2. The van der Waals surface area contributed by atoms with E-state index in [0.717, 1.165) is 22.2 Å². The summed E-state index contributed by atoms with van der Waals surface area (Å²) in [6.07, 6.45) is -4.48. The van der Waals surface area contributed by atoms with Crippen LogP contribution in [0.1, 0.15) is 11.1 Å². The van der Waals surface area contributed by atoms with Gasteiger partial charge in [-0.1, -0.05) is 12.1 Å². The highest BCUT2D eigenvalue weighted by Gasteiger charge is 2.31. The molecule has 0 atom stereocenters. The molecule has 0 aliphatic rings. The van der Waals surface area contributed by atoms with Crippen molar-refractivity contribution in [2.24, 2.45) is 5.84 Å². The molecule has 1 aromatic carbocycles. The molecular formula is C13H12BrF3N4. The van der Waals surface area contributed by atoms with Gasteiger partial charge in [0.15, 0.2) is 0 Å². The summed E-state index contributed by atoms with van der Waals surface area (Å²) in [6, 6.07) is 7.17. The van der Waals surface area contributed by atoms with Crippen LogP contribution in [-0.2, 0) is 6.18 Å². The van der Waals surface area contributed by atoms with Gasteiger partial charge in [0.1, 0.15) is 11.6 Å². The maximum atomic E-state index is 12.8. The van der Waals surface area contributed by atoms with E-state index in [4.69, 9.17) is 5.84 Å². The molecule has 0 fully saturated rings. The van der Waals surface area contributed by atoms with Gasteiger partial charge in [-0.3, -0.25) is 0 Å². The number of halogens is 4. The lowest BCUT2D eigenvalue weighted by Crippen LogP contribution is -2.13. The third-order valence-corrected chi connectivity index (χ3v) is 3.81. The Morgan fingerprint density at radius 3 is 2.48 bits per heavy atom. The zero-order valence-corrected chi connectivity index (χ0v) is 12.5. The van der Waals surface area contributed by atoms with E-state index in [0.29, 0.717) is 5.69 Å². The highest BCUT2D eigenvalue weighted by atomic mass is 79.9. The third-order valence-electron chi connectivity index (χ3n) is 2.76. The topological polar surface area (TPSA) is 63.0 Å². The molecule has 2 rings (SSSR count). The Bertz CT molecular complexity index is 658. The smallest absolute Gasteiger partial charge is 0.339 e. The van der Waals surface area contributed by atoms with Crippen LogP contribution in [0.4, 0.5) is 30.5 Å². The molecule has 4 nitrogen and oxygen atoms in total. The van der Waals surface area contributed by atoms with Crippen molar-refractivity contribution in [2.75, 3.05) is 10.7 Å². The lowest BCUT2D eigenvalue weighted by molar-refractivity contribution is -0.137. The van der Waals surface area contributed by atoms with Gasteiger partial charge >= 0.3 is 6.18 Å². The lowest BCUT2D eigenvalue weighted by Gasteiger charge is -2.14. The van der Waals surface area contributed by atoms with Gasteiger partial charge in [0.2, 0.25) is 0 Å². The first-order valence-corrected chi connectivity index (χ1v) is 6.68. The molecule has 1 heterocycles. The van der Waals surface area contributed by atoms with Crippen molar-refractivity contribution in [3.8, 4) is 0 Å². The molecule has 0 amide bonds. The second-order valence-electron chi connectivity index (χ2n) is 4.33. The zero-order chi connectivity index (χ0) is 15.6. The molecule has 21 heavy (non-hydrogen) atoms. The van der Waals surface area contributed by atoms with Crippen molar-refractivity contribution in [2.45, 2.75) is 13.1 Å². The maximum Gasteiger partial charge on any atom is 0.416 e. The number of aryl methyl sites for hydroxylation is 1. The van der Waals surface area contributed by atoms with Gasteiger partial charge in [-0.25, -0.2) is 10.8 Å². The largest absolute Gasteiger partial charge is 0.416 e. The van der Waals surface area contributed by atoms with Crippen LogP contribution >= 0.6 is 15.9 Å². The molecule has 0 radical (unpaired) electrons. The summed E-state index contributed by atoms with van der Waals surface area (Å²) in [4.78, 5) is 3.96. The quantitative estimate of drug-likeness (QED) is 0.566. The first-order valence-electron chi connectivity index (χ1n) is 5.89. The van der Waals surface area contributed by atoms with E-state index >= 15 is 0 Å². The fraction of sp³-hybridized carbons (Fsp3) is 0.154. The zero-order valence-electron chi connectivity index (χ0n) is 10.9. The third kappa shape index (κ3) is 3.64. The second kappa shape index (κ2) is 5.90. The Hall–Kier alpha value is -1.80. The highest BCUT2D eigenvalue weighted by Crippen LogP contribution is 2.34. The highest BCUT2D eigenvalue weighted by molar-refractivity contribution is 9.10. The summed E-state index contributed by atoms with van der Waals surface area (Å²) in [6.45, 7) is 1.88. The minimum atomic E-state index is -4.48. The number of benzene rings is 1. The van der Waals surface area contributed by atoms with Crippen molar-refractivity contribution in [3.05, 3.63) is 45.9 Å². The molecule has 2 aromatic rings. The molecule has 112 valence electrons. The molecule has 8 heteroatoms. The monoisotopic (exact) mass is 360 g/mol. The number of aromatic nitrogens is 1. The maximum absolute atomic E-state index is 12.8. The van der Waals surface area contributed by atoms with Crippen LogP contribution in [0.15, 0.2) is 34.8 Å². The van der Waals surface area contributed by atoms with Gasteiger partial charge in [0.25, 0.3) is 0 Å². The summed E-state index contributed by atoms with van der Waals surface area (Å²) >= 11 is 3.38. The summed E-state index contributed by atoms with van der Waals surface area (Å²) in [5, 5.41) is 2.85. The van der Waals surface area contributed by atoms with Crippen molar-refractivity contribution in [1.29, 1.82) is 0 Å². The van der Waals surface area contributed by atoms with Crippen molar-refractivity contribution >= 4 is 33.3 Å². The Morgan fingerprint density at radius 2 is 1.86 bits per heavy atom. The van der Waals surface area contributed by atoms with E-state index in [-0.39, 0.29) is 11.6 Å². The number of nitrogens with two attached hydrogens (primary N) is 1. The van der Waals surface area contributed by atoms with E-state index in [1.54, 1.807) is 12.1 Å². The van der Waals surface area contributed by atoms with E-state index in [1.807, 2.05) is 13.0 Å². The predicted octanol–water partition coefficient (Wildman–Crippen LogP) is 4.20. The van der Waals surface area contributed by atoms with Gasteiger partial charge < -0.3 is 10.7 Å². The molecule has 0 saturated heterocycles. The fourth-order valence-corrected chi connectivity index (χ4v) is 2.08. The minimum Gasteiger partial charge on any atom is -0.339 e. The molecule has 0 unspecified atom stereocenters. The Kier molecular flexibility index (Phi) is 4.38. The van der Waals surface area contributed by atoms with Crippen molar-refractivity contribution < 1.29 is 13.2 Å². The molecule has 0 aliphatic heterocycles. The van der Waals surface area contributed by atoms with Crippen molar-refractivity contribution in [1.82, 2.24) is 4.98 Å². The molecule has 0 bridgehead atoms. The first-order chi connectivity index (χ1) is 9.81. The molecular weight excluding hydrogens is 349 g/mol. The average Bonchev–Trinajstić information content (AvgIpc) is 2.42. The molecule has 0 saturated carbocycles. The van der Waals surface area contributed by atoms with Crippen LogP contribution in [0, 0.1) is 6.92 Å². The first kappa shape index (κ1) is 15.6. The normalized spacial score (nSPS) is 11.3. The number of hydrogen-bond acceptors (Lipinski definition) is 4. The van der Waals surface area contributed by atoms with Crippen molar-refractivity contribution in [3.63, 3.8) is 0 Å². The SMILES string of the molecule is Cc1cccc(Nc2cc(C(F)(F)F)cc(NN)n2)c1Br. The predicted molar refractivity (Wildman–Crippen MR) is 79.2 cm³/mol. The minimum absolute atomic E-state index is 0.0454. The number of rotatable bonds is 3. The van der Waals surface area contributed by atoms with E-state index in [1.165, 1.54) is 0 Å². The van der Waals surface area contributed by atoms with Crippen LogP contribution in [0.3, 0.4) is 0 Å². The number of pyridine rings is 1. The number of hydrogen-bond donors (Lipinski definition) is 3. The van der Waals surface area contributed by atoms with Gasteiger partial charge in [-0.15, -0.1) is 0 Å². The molecule has 0 spiro atoms. The van der Waals surface area contributed by atoms with Crippen LogP contribution in [0.25, 0.3) is 0 Å². The van der Waals surface area contributed by atoms with Gasteiger partial charge in [0.05, 0.1) is 11.3 Å². The van der Waals surface area contributed by atoms with Crippen LogP contribution in [0.5, 0.6) is 0 Å². The number of alkyl halides is 3.